The van der Waals surface area contributed by atoms with Crippen molar-refractivity contribution in [2.45, 2.75) is 12.1 Å². The number of carbonyl (C=O) groups is 2. The third-order valence-corrected chi connectivity index (χ3v) is 5.92. The molecule has 7 heteroatoms. The van der Waals surface area contributed by atoms with Crippen molar-refractivity contribution in [3.8, 4) is 5.75 Å². The lowest BCUT2D eigenvalue weighted by Gasteiger charge is -2.29. The molecule has 31 heavy (non-hydrogen) atoms. The van der Waals surface area contributed by atoms with Gasteiger partial charge in [0.1, 0.15) is 11.7 Å². The third kappa shape index (κ3) is 3.15. The van der Waals surface area contributed by atoms with Crippen LogP contribution in [0, 0.1) is 5.92 Å². The van der Waals surface area contributed by atoms with Crippen molar-refractivity contribution in [2.75, 3.05) is 17.1 Å². The Labute approximate surface area is 184 Å². The maximum atomic E-state index is 13.6. The molecule has 3 aromatic carbocycles. The second-order valence-corrected chi connectivity index (χ2v) is 7.82. The van der Waals surface area contributed by atoms with Crippen LogP contribution in [0.5, 0.6) is 5.75 Å². The Morgan fingerprint density at radius 3 is 2.23 bits per heavy atom. The molecule has 0 unspecified atom stereocenters. The molecular formula is C24H19ClN2O4. The molecule has 0 spiro atoms. The minimum Gasteiger partial charge on any atom is -0.496 e. The van der Waals surface area contributed by atoms with Gasteiger partial charge in [-0.1, -0.05) is 48.0 Å². The number of carbonyl (C=O) groups excluding carboxylic acids is 2. The van der Waals surface area contributed by atoms with E-state index in [4.69, 9.17) is 21.2 Å². The highest BCUT2D eigenvalue weighted by Gasteiger charge is 2.60. The van der Waals surface area contributed by atoms with Crippen LogP contribution in [0.2, 0.25) is 5.02 Å². The number of fused-ring (bicyclic) bond motifs is 1. The maximum Gasteiger partial charge on any atom is 0.266 e. The fourth-order valence-electron chi connectivity index (χ4n) is 4.28. The molecule has 6 nitrogen and oxygen atoms in total. The number of hydrogen-bond acceptors (Lipinski definition) is 5. The number of para-hydroxylation sites is 2. The molecule has 3 atom stereocenters. The number of anilines is 2. The molecule has 5 rings (SSSR count). The van der Waals surface area contributed by atoms with E-state index in [1.165, 1.54) is 4.90 Å². The number of ether oxygens (including phenoxy) is 1. The van der Waals surface area contributed by atoms with E-state index in [1.807, 2.05) is 54.6 Å². The van der Waals surface area contributed by atoms with Gasteiger partial charge in [0.15, 0.2) is 6.10 Å². The Morgan fingerprint density at radius 1 is 0.839 bits per heavy atom. The van der Waals surface area contributed by atoms with Crippen LogP contribution < -0.4 is 14.7 Å². The van der Waals surface area contributed by atoms with Gasteiger partial charge < -0.3 is 4.74 Å². The zero-order valence-corrected chi connectivity index (χ0v) is 17.4. The SMILES string of the molecule is COc1ccccc1[C@@H]1[C@@H]2C(=O)N(c3ccc(Cl)cc3)C(=O)[C@H]2ON1c1ccccc1. The van der Waals surface area contributed by atoms with E-state index < -0.39 is 24.0 Å². The highest BCUT2D eigenvalue weighted by Crippen LogP contribution is 2.49. The number of hydroxylamine groups is 1. The number of methoxy groups -OCH3 is 1. The summed E-state index contributed by atoms with van der Waals surface area (Å²) in [5.41, 5.74) is 2.01. The molecule has 0 saturated carbocycles. The van der Waals surface area contributed by atoms with Gasteiger partial charge in [0.05, 0.1) is 24.5 Å². The predicted octanol–water partition coefficient (Wildman–Crippen LogP) is 4.40. The molecule has 0 aromatic heterocycles. The third-order valence-electron chi connectivity index (χ3n) is 5.67. The van der Waals surface area contributed by atoms with Gasteiger partial charge in [0.2, 0.25) is 5.91 Å². The fourth-order valence-corrected chi connectivity index (χ4v) is 4.41. The number of hydrogen-bond donors (Lipinski definition) is 0. The summed E-state index contributed by atoms with van der Waals surface area (Å²) < 4.78 is 5.57. The van der Waals surface area contributed by atoms with E-state index in [0.29, 0.717) is 16.5 Å². The van der Waals surface area contributed by atoms with Crippen LogP contribution in [0.3, 0.4) is 0 Å². The molecular weight excluding hydrogens is 416 g/mol. The molecule has 2 aliphatic heterocycles. The number of halogens is 1. The summed E-state index contributed by atoms with van der Waals surface area (Å²) >= 11 is 5.98. The van der Waals surface area contributed by atoms with E-state index >= 15 is 0 Å². The molecule has 2 amide bonds. The Kier molecular flexibility index (Phi) is 4.88. The van der Waals surface area contributed by atoms with Crippen LogP contribution >= 0.6 is 11.6 Å². The van der Waals surface area contributed by atoms with E-state index in [1.54, 1.807) is 36.4 Å². The standard InChI is InChI=1S/C24H19ClN2O4/c1-30-19-10-6-5-9-18(19)21-20-22(31-27(21)17-7-3-2-4-8-17)24(29)26(23(20)28)16-13-11-15(25)12-14-16/h2-14,20-22H,1H3/t20-,21+,22-/m0/s1. The fraction of sp³-hybridized carbons (Fsp3) is 0.167. The van der Waals surface area contributed by atoms with Gasteiger partial charge in [-0.15, -0.1) is 0 Å². The van der Waals surface area contributed by atoms with Gasteiger partial charge in [0, 0.05) is 10.6 Å². The number of amides is 2. The summed E-state index contributed by atoms with van der Waals surface area (Å²) in [6.45, 7) is 0. The maximum absolute atomic E-state index is 13.6. The normalized spacial score (nSPS) is 22.7. The minimum absolute atomic E-state index is 0.313. The summed E-state index contributed by atoms with van der Waals surface area (Å²) in [5.74, 6) is -0.801. The van der Waals surface area contributed by atoms with E-state index in [9.17, 15) is 9.59 Å². The molecule has 0 bridgehead atoms. The number of nitrogens with zero attached hydrogens (tertiary/aromatic N) is 2. The lowest BCUT2D eigenvalue weighted by molar-refractivity contribution is -0.126. The summed E-state index contributed by atoms with van der Waals surface area (Å²) in [6, 6.07) is 23.0. The van der Waals surface area contributed by atoms with Gasteiger partial charge >= 0.3 is 0 Å². The van der Waals surface area contributed by atoms with Crippen molar-refractivity contribution in [1.29, 1.82) is 0 Å². The Bertz CT molecular complexity index is 1140. The summed E-state index contributed by atoms with van der Waals surface area (Å²) in [4.78, 5) is 34.2. The lowest BCUT2D eigenvalue weighted by atomic mass is 9.90. The highest BCUT2D eigenvalue weighted by atomic mass is 35.5. The molecule has 2 saturated heterocycles. The Hall–Kier alpha value is -3.35. The van der Waals surface area contributed by atoms with Crippen LogP contribution in [0.15, 0.2) is 78.9 Å². The molecule has 3 aromatic rings. The van der Waals surface area contributed by atoms with E-state index in [2.05, 4.69) is 0 Å². The Morgan fingerprint density at radius 2 is 1.52 bits per heavy atom. The molecule has 0 aliphatic carbocycles. The first-order valence-corrected chi connectivity index (χ1v) is 10.3. The first-order chi connectivity index (χ1) is 15.1. The zero-order valence-electron chi connectivity index (χ0n) is 16.6. The quantitative estimate of drug-likeness (QED) is 0.570. The summed E-state index contributed by atoms with van der Waals surface area (Å²) in [7, 11) is 1.58. The van der Waals surface area contributed by atoms with Crippen LogP contribution in [-0.4, -0.2) is 25.0 Å². The monoisotopic (exact) mass is 434 g/mol. The molecule has 0 N–H and O–H groups in total. The van der Waals surface area contributed by atoms with Crippen LogP contribution in [-0.2, 0) is 14.4 Å². The minimum atomic E-state index is -0.932. The summed E-state index contributed by atoms with van der Waals surface area (Å²) in [6.07, 6.45) is -0.932. The topological polar surface area (TPSA) is 59.1 Å². The Balaban J connectivity index is 1.61. The molecule has 2 heterocycles. The van der Waals surface area contributed by atoms with Crippen LogP contribution in [0.1, 0.15) is 11.6 Å². The van der Waals surface area contributed by atoms with Crippen molar-refractivity contribution in [3.63, 3.8) is 0 Å². The van der Waals surface area contributed by atoms with Gasteiger partial charge in [-0.05, 0) is 42.5 Å². The average Bonchev–Trinajstić information content (AvgIpc) is 3.31. The van der Waals surface area contributed by atoms with Gasteiger partial charge in [-0.25, -0.2) is 9.96 Å². The van der Waals surface area contributed by atoms with Gasteiger partial charge in [-0.2, -0.15) is 0 Å². The summed E-state index contributed by atoms with van der Waals surface area (Å²) in [5, 5.41) is 2.18. The first-order valence-electron chi connectivity index (χ1n) is 9.87. The predicted molar refractivity (Wildman–Crippen MR) is 117 cm³/mol. The van der Waals surface area contributed by atoms with Crippen molar-refractivity contribution >= 4 is 34.8 Å². The van der Waals surface area contributed by atoms with Crippen molar-refractivity contribution in [2.24, 2.45) is 5.92 Å². The largest absolute Gasteiger partial charge is 0.496 e. The van der Waals surface area contributed by atoms with Gasteiger partial charge in [-0.3, -0.25) is 14.4 Å². The van der Waals surface area contributed by atoms with Crippen molar-refractivity contribution in [3.05, 3.63) is 89.4 Å². The van der Waals surface area contributed by atoms with Crippen molar-refractivity contribution in [1.82, 2.24) is 0 Å². The zero-order chi connectivity index (χ0) is 21.5. The van der Waals surface area contributed by atoms with Gasteiger partial charge in [0.25, 0.3) is 5.91 Å². The molecule has 0 radical (unpaired) electrons. The van der Waals surface area contributed by atoms with Crippen molar-refractivity contribution < 1.29 is 19.2 Å². The van der Waals surface area contributed by atoms with Crippen LogP contribution in [0.4, 0.5) is 11.4 Å². The average molecular weight is 435 g/mol. The number of imide groups is 1. The molecule has 2 aliphatic rings. The van der Waals surface area contributed by atoms with E-state index in [-0.39, 0.29) is 5.91 Å². The molecule has 156 valence electrons. The van der Waals surface area contributed by atoms with E-state index in [0.717, 1.165) is 11.3 Å². The highest BCUT2D eigenvalue weighted by molar-refractivity contribution is 6.31. The number of benzene rings is 3. The second-order valence-electron chi connectivity index (χ2n) is 7.39. The smallest absolute Gasteiger partial charge is 0.266 e. The second kappa shape index (κ2) is 7.72. The molecule has 2 fully saturated rings. The lowest BCUT2D eigenvalue weighted by Crippen LogP contribution is -2.37. The first kappa shape index (κ1) is 19.6. The van der Waals surface area contributed by atoms with Crippen LogP contribution in [0.25, 0.3) is 0 Å². The number of rotatable bonds is 4.